The average molecular weight is 436 g/mol. The summed E-state index contributed by atoms with van der Waals surface area (Å²) in [5.74, 6) is 0.576. The van der Waals surface area contributed by atoms with Gasteiger partial charge >= 0.3 is 0 Å². The van der Waals surface area contributed by atoms with Crippen molar-refractivity contribution in [1.29, 1.82) is 0 Å². The van der Waals surface area contributed by atoms with E-state index < -0.39 is 0 Å². The van der Waals surface area contributed by atoms with Gasteiger partial charge in [-0.05, 0) is 54.7 Å². The molecule has 1 aliphatic carbocycles. The van der Waals surface area contributed by atoms with Gasteiger partial charge in [-0.15, -0.1) is 0 Å². The van der Waals surface area contributed by atoms with Crippen LogP contribution < -0.4 is 0 Å². The normalized spacial score (nSPS) is 16.2. The first kappa shape index (κ1) is 21.3. The van der Waals surface area contributed by atoms with Crippen LogP contribution in [0.3, 0.4) is 0 Å². The van der Waals surface area contributed by atoms with Crippen molar-refractivity contribution in [1.82, 2.24) is 4.57 Å². The molecule has 1 unspecified atom stereocenters. The highest BCUT2D eigenvalue weighted by atomic mass is 16.3. The van der Waals surface area contributed by atoms with Gasteiger partial charge in [0.25, 0.3) is 0 Å². The number of hydrogen-bond acceptors (Lipinski definition) is 2. The molecule has 3 aromatic carbocycles. The minimum atomic E-state index is -0.0233. The predicted octanol–water partition coefficient (Wildman–Crippen LogP) is 6.98. The lowest BCUT2D eigenvalue weighted by atomic mass is 9.80. The molecule has 1 N–H and O–H groups in total. The second-order valence-corrected chi connectivity index (χ2v) is 9.06. The zero-order chi connectivity index (χ0) is 22.8. The molecular formula is C30H29NO2. The molecule has 166 valence electrons. The number of Topliss-reactive ketones (excluding diaryl/α,β-unsaturated/α-hetero) is 1. The molecule has 33 heavy (non-hydrogen) atoms. The molecule has 3 nitrogen and oxygen atoms in total. The highest BCUT2D eigenvalue weighted by Crippen LogP contribution is 2.37. The number of aromatic hydroxyl groups is 1. The topological polar surface area (TPSA) is 42.2 Å². The highest BCUT2D eigenvalue weighted by molar-refractivity contribution is 5.86. The molecule has 1 aliphatic rings. The summed E-state index contributed by atoms with van der Waals surface area (Å²) in [6.07, 6.45) is 4.27. The van der Waals surface area contributed by atoms with E-state index in [9.17, 15) is 9.90 Å². The number of carbonyl (C=O) groups is 1. The SMILES string of the molecule is Cc1ccc(-c2cc(Cc3ccccc3C3CCCCC3=O)c(O)n2-c2ccccc2)cc1. The van der Waals surface area contributed by atoms with Gasteiger partial charge in [-0.3, -0.25) is 9.36 Å². The van der Waals surface area contributed by atoms with Crippen LogP contribution in [0.25, 0.3) is 16.9 Å². The summed E-state index contributed by atoms with van der Waals surface area (Å²) < 4.78 is 1.92. The van der Waals surface area contributed by atoms with Crippen molar-refractivity contribution in [2.45, 2.75) is 44.9 Å². The fraction of sp³-hybridized carbons (Fsp3) is 0.233. The largest absolute Gasteiger partial charge is 0.494 e. The summed E-state index contributed by atoms with van der Waals surface area (Å²) in [7, 11) is 0. The molecular weight excluding hydrogens is 406 g/mol. The van der Waals surface area contributed by atoms with E-state index in [4.69, 9.17) is 0 Å². The van der Waals surface area contributed by atoms with Crippen LogP contribution in [0.4, 0.5) is 0 Å². The van der Waals surface area contributed by atoms with Crippen LogP contribution in [0, 0.1) is 6.92 Å². The van der Waals surface area contributed by atoms with Gasteiger partial charge in [0.2, 0.25) is 0 Å². The number of aryl methyl sites for hydroxylation is 1. The number of carbonyl (C=O) groups excluding carboxylic acids is 1. The van der Waals surface area contributed by atoms with Crippen LogP contribution >= 0.6 is 0 Å². The third-order valence-corrected chi connectivity index (χ3v) is 6.78. The van der Waals surface area contributed by atoms with E-state index in [1.54, 1.807) is 0 Å². The maximum atomic E-state index is 12.7. The van der Waals surface area contributed by atoms with Crippen molar-refractivity contribution in [3.8, 4) is 22.8 Å². The number of aromatic nitrogens is 1. The van der Waals surface area contributed by atoms with Crippen LogP contribution in [-0.2, 0) is 11.2 Å². The number of nitrogens with zero attached hydrogens (tertiary/aromatic N) is 1. The van der Waals surface area contributed by atoms with Gasteiger partial charge in [0.05, 0.1) is 5.69 Å². The first-order chi connectivity index (χ1) is 16.1. The fourth-order valence-electron chi connectivity index (χ4n) is 5.01. The van der Waals surface area contributed by atoms with Gasteiger partial charge in [-0.1, -0.05) is 78.7 Å². The van der Waals surface area contributed by atoms with Gasteiger partial charge < -0.3 is 5.11 Å². The lowest BCUT2D eigenvalue weighted by molar-refractivity contribution is -0.121. The van der Waals surface area contributed by atoms with E-state index in [1.807, 2.05) is 47.0 Å². The van der Waals surface area contributed by atoms with Crippen molar-refractivity contribution in [2.24, 2.45) is 0 Å². The lowest BCUT2D eigenvalue weighted by Crippen LogP contribution is -2.18. The Kier molecular flexibility index (Phi) is 5.87. The number of benzene rings is 3. The standard InChI is InChI=1S/C30H29NO2/c1-21-15-17-22(18-16-21)28-20-24(30(33)31(28)25-10-3-2-4-11-25)19-23-9-5-6-12-26(23)27-13-7-8-14-29(27)32/h2-6,9-12,15-18,20,27,33H,7-8,13-14,19H2,1H3. The molecule has 0 spiro atoms. The van der Waals surface area contributed by atoms with Crippen molar-refractivity contribution in [2.75, 3.05) is 0 Å². The Balaban J connectivity index is 1.59. The first-order valence-electron chi connectivity index (χ1n) is 11.8. The minimum absolute atomic E-state index is 0.0233. The molecule has 1 aromatic heterocycles. The van der Waals surface area contributed by atoms with Gasteiger partial charge in [-0.2, -0.15) is 0 Å². The van der Waals surface area contributed by atoms with Gasteiger partial charge in [0.1, 0.15) is 5.78 Å². The van der Waals surface area contributed by atoms with Crippen LogP contribution in [-0.4, -0.2) is 15.5 Å². The molecule has 1 saturated carbocycles. The van der Waals surface area contributed by atoms with E-state index in [1.165, 1.54) is 5.56 Å². The molecule has 4 aromatic rings. The molecule has 1 atom stereocenters. The number of hydrogen-bond donors (Lipinski definition) is 1. The number of para-hydroxylation sites is 1. The fourth-order valence-corrected chi connectivity index (χ4v) is 5.01. The third-order valence-electron chi connectivity index (χ3n) is 6.78. The molecule has 1 heterocycles. The van der Waals surface area contributed by atoms with E-state index in [0.29, 0.717) is 18.6 Å². The Morgan fingerprint density at radius 1 is 0.879 bits per heavy atom. The highest BCUT2D eigenvalue weighted by Gasteiger charge is 2.26. The van der Waals surface area contributed by atoms with Gasteiger partial charge in [-0.25, -0.2) is 0 Å². The molecule has 0 saturated heterocycles. The summed E-state index contributed by atoms with van der Waals surface area (Å²) in [6.45, 7) is 2.08. The average Bonchev–Trinajstić information content (AvgIpc) is 3.17. The maximum Gasteiger partial charge on any atom is 0.199 e. The van der Waals surface area contributed by atoms with Gasteiger partial charge in [0, 0.05) is 30.0 Å². The molecule has 0 amide bonds. The summed E-state index contributed by atoms with van der Waals surface area (Å²) in [5.41, 5.74) is 7.24. The van der Waals surface area contributed by atoms with Crippen LogP contribution in [0.15, 0.2) is 84.9 Å². The smallest absolute Gasteiger partial charge is 0.199 e. The molecule has 0 bridgehead atoms. The first-order valence-corrected chi connectivity index (χ1v) is 11.8. The molecule has 5 rings (SSSR count). The van der Waals surface area contributed by atoms with Crippen molar-refractivity contribution in [3.05, 3.63) is 107 Å². The van der Waals surface area contributed by atoms with E-state index in [0.717, 1.165) is 52.9 Å². The number of rotatable bonds is 5. The second kappa shape index (κ2) is 9.11. The quantitative estimate of drug-likeness (QED) is 0.368. The Hall–Kier alpha value is -3.59. The van der Waals surface area contributed by atoms with Gasteiger partial charge in [0.15, 0.2) is 5.88 Å². The molecule has 1 fully saturated rings. The lowest BCUT2D eigenvalue weighted by Gasteiger charge is -2.23. The van der Waals surface area contributed by atoms with E-state index in [2.05, 4.69) is 49.4 Å². The second-order valence-electron chi connectivity index (χ2n) is 9.06. The molecule has 0 aliphatic heterocycles. The Labute approximate surface area is 195 Å². The molecule has 0 radical (unpaired) electrons. The van der Waals surface area contributed by atoms with Crippen molar-refractivity contribution >= 4 is 5.78 Å². The summed E-state index contributed by atoms with van der Waals surface area (Å²) in [6, 6.07) is 28.7. The monoisotopic (exact) mass is 435 g/mol. The summed E-state index contributed by atoms with van der Waals surface area (Å²) in [5, 5.41) is 11.4. The maximum absolute atomic E-state index is 12.7. The Morgan fingerprint density at radius 2 is 1.61 bits per heavy atom. The van der Waals surface area contributed by atoms with Crippen molar-refractivity contribution < 1.29 is 9.90 Å². The Morgan fingerprint density at radius 3 is 2.36 bits per heavy atom. The van der Waals surface area contributed by atoms with Crippen LogP contribution in [0.2, 0.25) is 0 Å². The number of ketones is 1. The minimum Gasteiger partial charge on any atom is -0.494 e. The summed E-state index contributed by atoms with van der Waals surface area (Å²) in [4.78, 5) is 12.7. The van der Waals surface area contributed by atoms with E-state index >= 15 is 0 Å². The van der Waals surface area contributed by atoms with Crippen LogP contribution in [0.1, 0.15) is 53.9 Å². The van der Waals surface area contributed by atoms with Crippen molar-refractivity contribution in [3.63, 3.8) is 0 Å². The zero-order valence-corrected chi connectivity index (χ0v) is 19.0. The van der Waals surface area contributed by atoms with E-state index in [-0.39, 0.29) is 11.8 Å². The zero-order valence-electron chi connectivity index (χ0n) is 19.0. The third kappa shape index (κ3) is 4.23. The molecule has 3 heteroatoms. The Bertz CT molecular complexity index is 1270. The predicted molar refractivity (Wildman–Crippen MR) is 133 cm³/mol. The summed E-state index contributed by atoms with van der Waals surface area (Å²) >= 11 is 0. The van der Waals surface area contributed by atoms with Crippen LogP contribution in [0.5, 0.6) is 5.88 Å².